The van der Waals surface area contributed by atoms with Gasteiger partial charge in [-0.25, -0.2) is 4.98 Å². The second kappa shape index (κ2) is 6.06. The maximum absolute atomic E-state index is 5.63. The van der Waals surface area contributed by atoms with Crippen molar-refractivity contribution in [2.45, 2.75) is 19.3 Å². The monoisotopic (exact) mass is 254 g/mol. The van der Waals surface area contributed by atoms with E-state index in [1.807, 2.05) is 6.20 Å². The van der Waals surface area contributed by atoms with E-state index in [1.165, 1.54) is 16.5 Å². The summed E-state index contributed by atoms with van der Waals surface area (Å²) in [6.45, 7) is 0.971. The molecule has 4 heteroatoms. The molecule has 0 amide bonds. The number of rotatable bonds is 6. The van der Waals surface area contributed by atoms with Gasteiger partial charge in [-0.05, 0) is 30.4 Å². The summed E-state index contributed by atoms with van der Waals surface area (Å²) in [5, 5.41) is 6.71. The van der Waals surface area contributed by atoms with Crippen LogP contribution in [0.4, 0.5) is 5.82 Å². The number of fused-ring (bicyclic) bond motifs is 1. The number of hydrogen-bond acceptors (Lipinski definition) is 3. The van der Waals surface area contributed by atoms with E-state index in [0.717, 1.165) is 31.1 Å². The van der Waals surface area contributed by atoms with Crippen LogP contribution in [0.25, 0.3) is 10.1 Å². The van der Waals surface area contributed by atoms with Crippen molar-refractivity contribution in [2.75, 3.05) is 17.7 Å². The van der Waals surface area contributed by atoms with E-state index >= 15 is 0 Å². The highest BCUT2D eigenvalue weighted by Crippen LogP contribution is 2.25. The van der Waals surface area contributed by atoms with E-state index in [-0.39, 0.29) is 0 Å². The summed E-state index contributed by atoms with van der Waals surface area (Å²) in [4.78, 5) is 4.37. The lowest BCUT2D eigenvalue weighted by Gasteiger charge is -2.05. The van der Waals surface area contributed by atoms with Crippen LogP contribution in [0, 0.1) is 0 Å². The SMILES string of the molecule is ClCCCCCNc1nccc2sccc12. The van der Waals surface area contributed by atoms with Crippen molar-refractivity contribution < 1.29 is 0 Å². The summed E-state index contributed by atoms with van der Waals surface area (Å²) in [5.41, 5.74) is 0. The molecule has 0 unspecified atom stereocenters. The summed E-state index contributed by atoms with van der Waals surface area (Å²) < 4.78 is 1.29. The van der Waals surface area contributed by atoms with Crippen LogP contribution >= 0.6 is 22.9 Å². The van der Waals surface area contributed by atoms with E-state index < -0.39 is 0 Å². The van der Waals surface area contributed by atoms with Gasteiger partial charge in [0.05, 0.1) is 0 Å². The lowest BCUT2D eigenvalue weighted by atomic mass is 10.2. The molecule has 2 aromatic rings. The minimum Gasteiger partial charge on any atom is -0.370 e. The lowest BCUT2D eigenvalue weighted by Crippen LogP contribution is -2.03. The molecule has 0 aliphatic heterocycles. The van der Waals surface area contributed by atoms with Gasteiger partial charge in [0.15, 0.2) is 0 Å². The van der Waals surface area contributed by atoms with Gasteiger partial charge in [-0.1, -0.05) is 6.42 Å². The molecule has 2 nitrogen and oxygen atoms in total. The summed E-state index contributed by atoms with van der Waals surface area (Å²) in [7, 11) is 0. The van der Waals surface area contributed by atoms with Crippen LogP contribution in [-0.4, -0.2) is 17.4 Å². The van der Waals surface area contributed by atoms with Gasteiger partial charge in [-0.2, -0.15) is 0 Å². The fraction of sp³-hybridized carbons (Fsp3) is 0.417. The van der Waals surface area contributed by atoms with E-state index in [9.17, 15) is 0 Å². The molecule has 0 radical (unpaired) electrons. The number of halogens is 1. The van der Waals surface area contributed by atoms with Crippen LogP contribution in [0.1, 0.15) is 19.3 Å². The molecular weight excluding hydrogens is 240 g/mol. The molecule has 0 atom stereocenters. The molecule has 2 rings (SSSR count). The van der Waals surface area contributed by atoms with Crippen molar-refractivity contribution in [1.29, 1.82) is 0 Å². The minimum atomic E-state index is 0.762. The molecule has 0 spiro atoms. The van der Waals surface area contributed by atoms with E-state index in [1.54, 1.807) is 11.3 Å². The largest absolute Gasteiger partial charge is 0.370 e. The number of nitrogens with one attached hydrogen (secondary N) is 1. The molecule has 0 fully saturated rings. The number of thiophene rings is 1. The second-order valence-corrected chi connectivity index (χ2v) is 4.99. The first-order valence-electron chi connectivity index (χ1n) is 5.54. The Morgan fingerprint density at radius 2 is 2.19 bits per heavy atom. The van der Waals surface area contributed by atoms with Gasteiger partial charge >= 0.3 is 0 Å². The third-order valence-electron chi connectivity index (χ3n) is 2.48. The zero-order valence-electron chi connectivity index (χ0n) is 9.08. The normalized spacial score (nSPS) is 10.8. The van der Waals surface area contributed by atoms with Gasteiger partial charge in [0, 0.05) is 28.7 Å². The summed E-state index contributed by atoms with van der Waals surface area (Å²) in [6.07, 6.45) is 5.28. The smallest absolute Gasteiger partial charge is 0.134 e. The molecule has 0 aromatic carbocycles. The van der Waals surface area contributed by atoms with Crippen molar-refractivity contribution in [3.63, 3.8) is 0 Å². The van der Waals surface area contributed by atoms with Gasteiger partial charge in [-0.15, -0.1) is 22.9 Å². The summed E-state index contributed by atoms with van der Waals surface area (Å²) >= 11 is 7.38. The van der Waals surface area contributed by atoms with Crippen LogP contribution in [0.3, 0.4) is 0 Å². The second-order valence-electron chi connectivity index (χ2n) is 3.67. The summed E-state index contributed by atoms with van der Waals surface area (Å²) in [5.74, 6) is 1.77. The van der Waals surface area contributed by atoms with Crippen LogP contribution in [-0.2, 0) is 0 Å². The average Bonchev–Trinajstić information content (AvgIpc) is 2.77. The van der Waals surface area contributed by atoms with Crippen molar-refractivity contribution in [3.05, 3.63) is 23.7 Å². The highest BCUT2D eigenvalue weighted by atomic mass is 35.5. The predicted octanol–water partition coefficient (Wildman–Crippen LogP) is 4.12. The molecule has 2 heterocycles. The zero-order valence-corrected chi connectivity index (χ0v) is 10.7. The molecule has 0 aliphatic carbocycles. The van der Waals surface area contributed by atoms with Gasteiger partial charge in [0.25, 0.3) is 0 Å². The number of alkyl halides is 1. The minimum absolute atomic E-state index is 0.762. The zero-order chi connectivity index (χ0) is 11.2. The molecule has 0 bridgehead atoms. The third-order valence-corrected chi connectivity index (χ3v) is 3.63. The first-order chi connectivity index (χ1) is 7.92. The molecule has 16 heavy (non-hydrogen) atoms. The van der Waals surface area contributed by atoms with E-state index in [2.05, 4.69) is 27.8 Å². The molecule has 2 aromatic heterocycles. The van der Waals surface area contributed by atoms with Gasteiger partial charge in [0.1, 0.15) is 5.82 Å². The topological polar surface area (TPSA) is 24.9 Å². The first kappa shape index (κ1) is 11.7. The van der Waals surface area contributed by atoms with Crippen LogP contribution in [0.15, 0.2) is 23.7 Å². The maximum Gasteiger partial charge on any atom is 0.134 e. The first-order valence-corrected chi connectivity index (χ1v) is 6.95. The van der Waals surface area contributed by atoms with Gasteiger partial charge in [0.2, 0.25) is 0 Å². The molecule has 1 N–H and O–H groups in total. The predicted molar refractivity (Wildman–Crippen MR) is 72.7 cm³/mol. The Labute approximate surface area is 105 Å². The van der Waals surface area contributed by atoms with Crippen LogP contribution in [0.5, 0.6) is 0 Å². The van der Waals surface area contributed by atoms with Crippen molar-refractivity contribution in [1.82, 2.24) is 4.98 Å². The number of nitrogens with zero attached hydrogens (tertiary/aromatic N) is 1. The molecular formula is C12H15ClN2S. The Morgan fingerprint density at radius 1 is 1.25 bits per heavy atom. The Balaban J connectivity index is 1.91. The Morgan fingerprint density at radius 3 is 3.06 bits per heavy atom. The molecule has 86 valence electrons. The number of anilines is 1. The highest BCUT2D eigenvalue weighted by molar-refractivity contribution is 7.17. The molecule has 0 saturated heterocycles. The molecule has 0 aliphatic rings. The lowest BCUT2D eigenvalue weighted by molar-refractivity contribution is 0.746. The van der Waals surface area contributed by atoms with Crippen LogP contribution in [0.2, 0.25) is 0 Å². The Bertz CT molecular complexity index is 441. The summed E-state index contributed by atoms with van der Waals surface area (Å²) in [6, 6.07) is 4.17. The number of aromatic nitrogens is 1. The van der Waals surface area contributed by atoms with E-state index in [4.69, 9.17) is 11.6 Å². The number of unbranched alkanes of at least 4 members (excludes halogenated alkanes) is 2. The fourth-order valence-corrected chi connectivity index (χ4v) is 2.61. The van der Waals surface area contributed by atoms with Crippen molar-refractivity contribution in [2.24, 2.45) is 0 Å². The Hall–Kier alpha value is -0.800. The Kier molecular flexibility index (Phi) is 4.43. The number of hydrogen-bond donors (Lipinski definition) is 1. The standard InChI is InChI=1S/C12H15ClN2S/c13-6-2-1-3-7-14-12-10-5-9-16-11(10)4-8-15-12/h4-5,8-9H,1-3,6-7H2,(H,14,15). The molecule has 0 saturated carbocycles. The van der Waals surface area contributed by atoms with Gasteiger partial charge in [-0.3, -0.25) is 0 Å². The maximum atomic E-state index is 5.63. The van der Waals surface area contributed by atoms with Crippen molar-refractivity contribution in [3.8, 4) is 0 Å². The van der Waals surface area contributed by atoms with Gasteiger partial charge < -0.3 is 5.32 Å². The quantitative estimate of drug-likeness (QED) is 0.620. The fourth-order valence-electron chi connectivity index (χ4n) is 1.64. The van der Waals surface area contributed by atoms with Crippen LogP contribution < -0.4 is 5.32 Å². The highest BCUT2D eigenvalue weighted by Gasteiger charge is 2.01. The van der Waals surface area contributed by atoms with E-state index in [0.29, 0.717) is 0 Å². The number of pyridine rings is 1. The third kappa shape index (κ3) is 2.86. The average molecular weight is 255 g/mol. The van der Waals surface area contributed by atoms with Crippen molar-refractivity contribution >= 4 is 38.8 Å².